The first-order valence-electron chi connectivity index (χ1n) is 20.1. The van der Waals surface area contributed by atoms with Crippen LogP contribution < -0.4 is 32.0 Å². The molecule has 0 spiro atoms. The highest BCUT2D eigenvalue weighted by Gasteiger charge is 2.26. The Morgan fingerprint density at radius 1 is 0.927 bits per heavy atom. The number of ether oxygens (including phenoxy) is 2. The van der Waals surface area contributed by atoms with Crippen molar-refractivity contribution in [3.05, 3.63) is 72.3 Å². The number of para-hydroxylation sites is 1. The summed E-state index contributed by atoms with van der Waals surface area (Å²) in [6.45, 7) is 6.75. The van der Waals surface area contributed by atoms with E-state index in [-0.39, 0.29) is 24.5 Å². The second-order valence-corrected chi connectivity index (χ2v) is 15.1. The minimum absolute atomic E-state index is 0.0337. The number of carbonyl (C=O) groups excluding carboxylic acids is 1. The van der Waals surface area contributed by atoms with Crippen molar-refractivity contribution in [1.82, 2.24) is 35.3 Å². The highest BCUT2D eigenvalue weighted by molar-refractivity contribution is 5.80. The van der Waals surface area contributed by atoms with Gasteiger partial charge in [0.25, 0.3) is 0 Å². The van der Waals surface area contributed by atoms with Gasteiger partial charge >= 0.3 is 0 Å². The van der Waals surface area contributed by atoms with Crippen LogP contribution in [-0.4, -0.2) is 67.6 Å². The second-order valence-electron chi connectivity index (χ2n) is 15.1. The number of nitrogens with zero attached hydrogens (tertiary/aromatic N) is 7. The molecule has 1 amide bonds. The van der Waals surface area contributed by atoms with E-state index in [4.69, 9.17) is 26.7 Å². The number of unbranched alkanes of at least 4 members (excludes halogenated alkanes) is 1. The van der Waals surface area contributed by atoms with E-state index >= 15 is 0 Å². The van der Waals surface area contributed by atoms with Crippen LogP contribution in [0.4, 0.5) is 0 Å². The number of nitrogens with one attached hydrogen (secondary N) is 1. The summed E-state index contributed by atoms with van der Waals surface area (Å²) in [7, 11) is 0. The molecule has 5 rings (SSSR count). The van der Waals surface area contributed by atoms with E-state index in [1.807, 2.05) is 48.8 Å². The molecule has 14 nitrogen and oxygen atoms in total. The maximum absolute atomic E-state index is 14.0. The summed E-state index contributed by atoms with van der Waals surface area (Å²) in [4.78, 5) is 18.1. The summed E-state index contributed by atoms with van der Waals surface area (Å²) in [5, 5.41) is 21.0. The van der Waals surface area contributed by atoms with Gasteiger partial charge in [-0.25, -0.2) is 4.68 Å². The maximum Gasteiger partial charge on any atom is 0.245 e. The van der Waals surface area contributed by atoms with E-state index in [2.05, 4.69) is 56.9 Å². The van der Waals surface area contributed by atoms with Crippen LogP contribution >= 0.6 is 0 Å². The van der Waals surface area contributed by atoms with Crippen molar-refractivity contribution < 1.29 is 14.3 Å². The van der Waals surface area contributed by atoms with Gasteiger partial charge in [0.1, 0.15) is 29.8 Å². The fourth-order valence-corrected chi connectivity index (χ4v) is 7.03. The normalized spacial score (nSPS) is 14.4. The van der Waals surface area contributed by atoms with Crippen molar-refractivity contribution in [2.45, 2.75) is 116 Å². The summed E-state index contributed by atoms with van der Waals surface area (Å²) >= 11 is 0. The fourth-order valence-electron chi connectivity index (χ4n) is 7.03. The average molecular weight is 756 g/mol. The van der Waals surface area contributed by atoms with E-state index in [0.29, 0.717) is 56.6 Å². The van der Waals surface area contributed by atoms with Crippen molar-refractivity contribution in [1.29, 1.82) is 0 Å². The molecule has 0 saturated heterocycles. The molecule has 0 aliphatic heterocycles. The Morgan fingerprint density at radius 2 is 1.75 bits per heavy atom. The third-order valence-electron chi connectivity index (χ3n) is 10.1. The number of nitrogens with two attached hydrogens (primary N) is 3. The lowest BCUT2D eigenvalue weighted by Gasteiger charge is -2.23. The van der Waals surface area contributed by atoms with Crippen molar-refractivity contribution in [2.24, 2.45) is 34.0 Å². The largest absolute Gasteiger partial charge is 0.493 e. The molecule has 1 fully saturated rings. The molecular weight excluding hydrogens is 695 g/mol. The Hall–Kier alpha value is -4.98. The number of hydrogen-bond donors (Lipinski definition) is 4. The molecule has 1 aliphatic rings. The SMILES string of the molecule is CC(C)CCOc1ccccc1-c1cccc(OCc2cn(C[C@@H](CCCCN)NC(=O)[C@@H](CCCN=C(N)N)n3cc(CC4CCCCC4)nn3)nn2)c1. The van der Waals surface area contributed by atoms with Gasteiger partial charge in [0, 0.05) is 24.3 Å². The van der Waals surface area contributed by atoms with E-state index in [9.17, 15) is 4.79 Å². The molecule has 2 aromatic heterocycles. The van der Waals surface area contributed by atoms with Crippen LogP contribution in [0, 0.1) is 11.8 Å². The first-order chi connectivity index (χ1) is 26.8. The number of guanidine groups is 1. The molecule has 1 saturated carbocycles. The number of carbonyl (C=O) groups is 1. The maximum atomic E-state index is 14.0. The van der Waals surface area contributed by atoms with E-state index in [1.165, 1.54) is 32.1 Å². The minimum Gasteiger partial charge on any atom is -0.493 e. The summed E-state index contributed by atoms with van der Waals surface area (Å²) in [5.41, 5.74) is 20.6. The number of aromatic nitrogens is 6. The molecule has 2 atom stereocenters. The number of rotatable bonds is 23. The molecule has 298 valence electrons. The van der Waals surface area contributed by atoms with Crippen LogP contribution in [0.5, 0.6) is 11.5 Å². The molecule has 2 aromatic carbocycles. The minimum atomic E-state index is -0.562. The van der Waals surface area contributed by atoms with Crippen LogP contribution in [0.25, 0.3) is 11.1 Å². The van der Waals surface area contributed by atoms with Crippen LogP contribution in [0.15, 0.2) is 65.9 Å². The fraction of sp³-hybridized carbons (Fsp3) is 0.561. The molecule has 0 bridgehead atoms. The van der Waals surface area contributed by atoms with Crippen molar-refractivity contribution in [3.8, 4) is 22.6 Å². The lowest BCUT2D eigenvalue weighted by Crippen LogP contribution is -2.42. The summed E-state index contributed by atoms with van der Waals surface area (Å²) in [6, 6.07) is 15.3. The van der Waals surface area contributed by atoms with Crippen LogP contribution in [0.1, 0.15) is 102 Å². The average Bonchev–Trinajstić information content (AvgIpc) is 3.84. The monoisotopic (exact) mass is 755 g/mol. The Bertz CT molecular complexity index is 1760. The quantitative estimate of drug-likeness (QED) is 0.0422. The van der Waals surface area contributed by atoms with Gasteiger partial charge in [0.05, 0.1) is 25.0 Å². The highest BCUT2D eigenvalue weighted by Crippen LogP contribution is 2.32. The molecule has 0 radical (unpaired) electrons. The van der Waals surface area contributed by atoms with Gasteiger partial charge in [0.2, 0.25) is 5.91 Å². The lowest BCUT2D eigenvalue weighted by atomic mass is 9.86. The Kier molecular flexibility index (Phi) is 16.3. The number of amides is 1. The zero-order valence-electron chi connectivity index (χ0n) is 32.7. The van der Waals surface area contributed by atoms with Gasteiger partial charge in [-0.2, -0.15) is 0 Å². The van der Waals surface area contributed by atoms with Crippen molar-refractivity contribution >= 4 is 11.9 Å². The Morgan fingerprint density at radius 3 is 2.55 bits per heavy atom. The molecule has 2 heterocycles. The molecule has 7 N–H and O–H groups in total. The highest BCUT2D eigenvalue weighted by atomic mass is 16.5. The molecular formula is C41H61N11O3. The number of hydrogen-bond acceptors (Lipinski definition) is 9. The topological polar surface area (TPSA) is 199 Å². The lowest BCUT2D eigenvalue weighted by molar-refractivity contribution is -0.125. The van der Waals surface area contributed by atoms with Gasteiger partial charge < -0.3 is 32.0 Å². The predicted octanol–water partition coefficient (Wildman–Crippen LogP) is 5.57. The first kappa shape index (κ1) is 41.2. The summed E-state index contributed by atoms with van der Waals surface area (Å²) < 4.78 is 15.8. The molecule has 14 heteroatoms. The zero-order chi connectivity index (χ0) is 38.8. The zero-order valence-corrected chi connectivity index (χ0v) is 32.7. The van der Waals surface area contributed by atoms with Crippen molar-refractivity contribution in [2.75, 3.05) is 19.7 Å². The van der Waals surface area contributed by atoms with Crippen LogP contribution in [0.2, 0.25) is 0 Å². The van der Waals surface area contributed by atoms with Gasteiger partial charge in [-0.1, -0.05) is 93.1 Å². The van der Waals surface area contributed by atoms with E-state index < -0.39 is 6.04 Å². The smallest absolute Gasteiger partial charge is 0.245 e. The third-order valence-corrected chi connectivity index (χ3v) is 10.1. The molecule has 4 aromatic rings. The van der Waals surface area contributed by atoms with Gasteiger partial charge in [-0.05, 0) is 80.7 Å². The number of aliphatic imine (C=N–C) groups is 1. The molecule has 1 aliphatic carbocycles. The third kappa shape index (κ3) is 13.7. The summed E-state index contributed by atoms with van der Waals surface area (Å²) in [5.74, 6) is 2.66. The molecule has 55 heavy (non-hydrogen) atoms. The Balaban J connectivity index is 1.22. The van der Waals surface area contributed by atoms with Crippen LogP contribution in [0.3, 0.4) is 0 Å². The first-order valence-corrected chi connectivity index (χ1v) is 20.1. The van der Waals surface area contributed by atoms with Crippen LogP contribution in [-0.2, 0) is 24.4 Å². The van der Waals surface area contributed by atoms with Gasteiger partial charge in [-0.3, -0.25) is 14.5 Å². The van der Waals surface area contributed by atoms with Crippen molar-refractivity contribution in [3.63, 3.8) is 0 Å². The summed E-state index contributed by atoms with van der Waals surface area (Å²) in [6.07, 6.45) is 15.5. The second kappa shape index (κ2) is 21.8. The Labute approximate surface area is 325 Å². The van der Waals surface area contributed by atoms with E-state index in [0.717, 1.165) is 60.4 Å². The van der Waals surface area contributed by atoms with Gasteiger partial charge in [-0.15, -0.1) is 10.2 Å². The molecule has 0 unspecified atom stereocenters. The standard InChI is InChI=1S/C41H61N11O3/c1-30(2)20-23-54-39-19-7-6-17-37(39)32-14-10-16-36(25-32)55-29-35-27-51(49-48-35)26-33(15-8-9-21-42)46-40(53)38(18-11-22-45-41(43)44)52-28-34(47-50-52)24-31-12-4-3-5-13-31/h6-7,10,14,16-17,19,25,27-28,30-31,33,38H,3-5,8-9,11-13,15,18,20-24,26,29,42H2,1-2H3,(H,46,53)(H4,43,44,45)/t33-,38-/m1/s1. The predicted molar refractivity (Wildman–Crippen MR) is 215 cm³/mol. The van der Waals surface area contributed by atoms with E-state index in [1.54, 1.807) is 9.36 Å². The van der Waals surface area contributed by atoms with Gasteiger partial charge in [0.15, 0.2) is 5.96 Å². The number of benzene rings is 2.